The second-order valence-electron chi connectivity index (χ2n) is 6.69. The highest BCUT2D eigenvalue weighted by atomic mass is 79.9. The van der Waals surface area contributed by atoms with E-state index in [-0.39, 0.29) is 17.7 Å². The van der Waals surface area contributed by atoms with Crippen LogP contribution >= 0.6 is 15.9 Å². The van der Waals surface area contributed by atoms with Crippen molar-refractivity contribution in [2.24, 2.45) is 0 Å². The number of rotatable bonds is 5. The molecule has 6 nitrogen and oxygen atoms in total. The number of nitrogens with zero attached hydrogens (tertiary/aromatic N) is 1. The van der Waals surface area contributed by atoms with Crippen LogP contribution in [-0.2, 0) is 9.84 Å². The minimum atomic E-state index is -3.17. The lowest BCUT2D eigenvalue weighted by atomic mass is 10.0. The van der Waals surface area contributed by atoms with Gasteiger partial charge in [-0.3, -0.25) is 4.79 Å². The molecule has 1 aliphatic rings. The number of furan rings is 1. The number of halogens is 1. The minimum absolute atomic E-state index is 0.0942. The van der Waals surface area contributed by atoms with E-state index in [0.717, 1.165) is 37.2 Å². The van der Waals surface area contributed by atoms with Crippen molar-refractivity contribution in [1.29, 1.82) is 0 Å². The van der Waals surface area contributed by atoms with Crippen LogP contribution in [0.2, 0.25) is 0 Å². The van der Waals surface area contributed by atoms with E-state index in [1.807, 2.05) is 19.1 Å². The molecule has 1 amide bonds. The monoisotopic (exact) mass is 454 g/mol. The molecule has 1 aliphatic heterocycles. The highest BCUT2D eigenvalue weighted by Gasteiger charge is 2.24. The molecule has 1 aromatic heterocycles. The minimum Gasteiger partial charge on any atom is -0.444 e. The van der Waals surface area contributed by atoms with Gasteiger partial charge in [0.05, 0.1) is 10.6 Å². The van der Waals surface area contributed by atoms with E-state index in [2.05, 4.69) is 26.1 Å². The number of amides is 1. The average Bonchev–Trinajstić information content (AvgIpc) is 3.01. The summed E-state index contributed by atoms with van der Waals surface area (Å²) in [4.78, 5) is 14.9. The smallest absolute Gasteiger partial charge is 0.287 e. The molecule has 0 spiro atoms. The second kappa shape index (κ2) is 8.06. The summed E-state index contributed by atoms with van der Waals surface area (Å²) in [5, 5.41) is 3.04. The predicted molar refractivity (Wildman–Crippen MR) is 108 cm³/mol. The Kier molecular flexibility index (Phi) is 5.95. The Morgan fingerprint density at radius 3 is 2.41 bits per heavy atom. The summed E-state index contributed by atoms with van der Waals surface area (Å²) in [5.41, 5.74) is 1.81. The van der Waals surface area contributed by atoms with Gasteiger partial charge < -0.3 is 14.6 Å². The lowest BCUT2D eigenvalue weighted by Crippen LogP contribution is -2.44. The zero-order valence-electron chi connectivity index (χ0n) is 15.4. The number of aryl methyl sites for hydroxylation is 1. The number of nitrogens with one attached hydrogen (secondary N) is 1. The Morgan fingerprint density at radius 2 is 1.89 bits per heavy atom. The number of sulfone groups is 1. The van der Waals surface area contributed by atoms with E-state index in [4.69, 9.17) is 4.42 Å². The van der Waals surface area contributed by atoms with Gasteiger partial charge in [-0.1, -0.05) is 6.92 Å². The largest absolute Gasteiger partial charge is 0.444 e. The van der Waals surface area contributed by atoms with Crippen LogP contribution in [0.4, 0.5) is 5.69 Å². The molecular weight excluding hydrogens is 432 g/mol. The van der Waals surface area contributed by atoms with Crippen LogP contribution in [0.1, 0.15) is 35.9 Å². The van der Waals surface area contributed by atoms with Crippen molar-refractivity contribution in [3.05, 3.63) is 46.3 Å². The molecule has 0 aliphatic carbocycles. The summed E-state index contributed by atoms with van der Waals surface area (Å²) in [6.07, 6.45) is 1.64. The molecule has 0 radical (unpaired) electrons. The molecule has 8 heteroatoms. The van der Waals surface area contributed by atoms with Gasteiger partial charge in [0.15, 0.2) is 20.3 Å². The fourth-order valence-corrected chi connectivity index (χ4v) is 4.62. The molecule has 0 atom stereocenters. The van der Waals surface area contributed by atoms with Crippen LogP contribution in [0.15, 0.2) is 44.3 Å². The van der Waals surface area contributed by atoms with E-state index in [1.165, 1.54) is 0 Å². The van der Waals surface area contributed by atoms with E-state index < -0.39 is 9.84 Å². The van der Waals surface area contributed by atoms with E-state index in [0.29, 0.717) is 15.3 Å². The van der Waals surface area contributed by atoms with Crippen LogP contribution in [0.25, 0.3) is 0 Å². The summed E-state index contributed by atoms with van der Waals surface area (Å²) in [7, 11) is -3.17. The summed E-state index contributed by atoms with van der Waals surface area (Å²) < 4.78 is 29.8. The van der Waals surface area contributed by atoms with E-state index in [1.54, 1.807) is 25.1 Å². The molecule has 27 heavy (non-hydrogen) atoms. The number of carbonyl (C=O) groups excluding carboxylic acids is 1. The van der Waals surface area contributed by atoms with E-state index in [9.17, 15) is 13.2 Å². The molecule has 1 saturated heterocycles. The number of anilines is 1. The third-order valence-electron chi connectivity index (χ3n) is 4.87. The van der Waals surface area contributed by atoms with Crippen molar-refractivity contribution in [2.75, 3.05) is 23.7 Å². The number of carbonyl (C=O) groups is 1. The van der Waals surface area contributed by atoms with Crippen LogP contribution in [0.3, 0.4) is 0 Å². The predicted octanol–water partition coefficient (Wildman–Crippen LogP) is 3.54. The fraction of sp³-hybridized carbons (Fsp3) is 0.421. The van der Waals surface area contributed by atoms with Gasteiger partial charge in [0.1, 0.15) is 0 Å². The van der Waals surface area contributed by atoms with Crippen molar-refractivity contribution in [3.8, 4) is 0 Å². The third kappa shape index (κ3) is 4.55. The number of hydrogen-bond acceptors (Lipinski definition) is 5. The summed E-state index contributed by atoms with van der Waals surface area (Å²) in [5.74, 6) is 0.256. The highest BCUT2D eigenvalue weighted by molar-refractivity contribution is 9.10. The first-order valence-corrected chi connectivity index (χ1v) is 11.4. The SMILES string of the molecule is CCS(=O)(=O)c1ccc(N2CCC(NC(=O)c3oc(Br)cc3C)CC2)cc1. The van der Waals surface area contributed by atoms with Gasteiger partial charge in [-0.25, -0.2) is 8.42 Å². The molecule has 2 aromatic rings. The third-order valence-corrected chi connectivity index (χ3v) is 7.01. The summed E-state index contributed by atoms with van der Waals surface area (Å²) in [6, 6.07) is 8.91. The highest BCUT2D eigenvalue weighted by Crippen LogP contribution is 2.24. The first-order valence-electron chi connectivity index (χ1n) is 8.94. The molecule has 146 valence electrons. The zero-order chi connectivity index (χ0) is 19.6. The molecule has 1 aromatic carbocycles. The van der Waals surface area contributed by atoms with Gasteiger partial charge in [0, 0.05) is 30.4 Å². The first-order chi connectivity index (χ1) is 12.8. The number of piperidine rings is 1. The molecule has 3 rings (SSSR count). The van der Waals surface area contributed by atoms with Crippen LogP contribution in [0, 0.1) is 6.92 Å². The van der Waals surface area contributed by atoms with Crippen LogP contribution in [0.5, 0.6) is 0 Å². The molecular formula is C19H23BrN2O4S. The fourth-order valence-electron chi connectivity index (χ4n) is 3.23. The zero-order valence-corrected chi connectivity index (χ0v) is 17.8. The van der Waals surface area contributed by atoms with Crippen molar-refractivity contribution in [2.45, 2.75) is 37.6 Å². The number of benzene rings is 1. The maximum atomic E-state index is 12.4. The van der Waals surface area contributed by atoms with E-state index >= 15 is 0 Å². The van der Waals surface area contributed by atoms with Gasteiger partial charge in [-0.05, 0) is 66.0 Å². The standard InChI is InChI=1S/C19H23BrN2O4S/c1-3-27(24,25)16-6-4-15(5-7-16)22-10-8-14(9-11-22)21-19(23)18-13(2)12-17(20)26-18/h4-7,12,14H,3,8-11H2,1-2H3,(H,21,23). The lowest BCUT2D eigenvalue weighted by Gasteiger charge is -2.34. The van der Waals surface area contributed by atoms with Crippen LogP contribution in [-0.4, -0.2) is 39.2 Å². The van der Waals surface area contributed by atoms with Crippen LogP contribution < -0.4 is 10.2 Å². The molecule has 1 N–H and O–H groups in total. The Hall–Kier alpha value is -1.80. The molecule has 0 bridgehead atoms. The normalized spacial score (nSPS) is 15.7. The Bertz CT molecular complexity index is 914. The van der Waals surface area contributed by atoms with Gasteiger partial charge >= 0.3 is 0 Å². The summed E-state index contributed by atoms with van der Waals surface area (Å²) in [6.45, 7) is 5.08. The van der Waals surface area contributed by atoms with Gasteiger partial charge in [0.2, 0.25) is 0 Å². The maximum Gasteiger partial charge on any atom is 0.287 e. The van der Waals surface area contributed by atoms with Gasteiger partial charge in [-0.2, -0.15) is 0 Å². The first kappa shape index (κ1) is 19.9. The van der Waals surface area contributed by atoms with Crippen molar-refractivity contribution in [1.82, 2.24) is 5.32 Å². The van der Waals surface area contributed by atoms with Crippen molar-refractivity contribution < 1.29 is 17.6 Å². The van der Waals surface area contributed by atoms with Crippen molar-refractivity contribution >= 4 is 37.4 Å². The van der Waals surface area contributed by atoms with Gasteiger partial charge in [-0.15, -0.1) is 0 Å². The Morgan fingerprint density at radius 1 is 1.26 bits per heavy atom. The topological polar surface area (TPSA) is 79.6 Å². The molecule has 1 fully saturated rings. The van der Waals surface area contributed by atoms with Gasteiger partial charge in [0.25, 0.3) is 5.91 Å². The molecule has 2 heterocycles. The second-order valence-corrected chi connectivity index (χ2v) is 9.75. The average molecular weight is 455 g/mol. The quantitative estimate of drug-likeness (QED) is 0.746. The Balaban J connectivity index is 1.57. The maximum absolute atomic E-state index is 12.4. The molecule has 0 unspecified atom stereocenters. The number of hydrogen-bond donors (Lipinski definition) is 1. The van der Waals surface area contributed by atoms with Crippen molar-refractivity contribution in [3.63, 3.8) is 0 Å². The molecule has 0 saturated carbocycles. The Labute approximate surface area is 168 Å². The lowest BCUT2D eigenvalue weighted by molar-refractivity contribution is 0.0901. The summed E-state index contributed by atoms with van der Waals surface area (Å²) >= 11 is 3.24.